The number of phenolic OH excluding ortho intramolecular Hbond substituents is 2. The Labute approximate surface area is 626 Å². The van der Waals surface area contributed by atoms with Gasteiger partial charge in [0.1, 0.15) is 53.4 Å². The molecule has 2 saturated carbocycles. The molecule has 6 aromatic rings. The second kappa shape index (κ2) is 31.1. The van der Waals surface area contributed by atoms with E-state index in [4.69, 9.17) is 43.6 Å². The molecule has 2 bridgehead atoms. The van der Waals surface area contributed by atoms with Gasteiger partial charge in [0, 0.05) is 85.9 Å². The van der Waals surface area contributed by atoms with Gasteiger partial charge in [0.15, 0.2) is 41.4 Å². The van der Waals surface area contributed by atoms with E-state index in [0.717, 1.165) is 13.8 Å². The largest absolute Gasteiger partial charge is 0.507 e. The predicted molar refractivity (Wildman–Crippen MR) is 377 cm³/mol. The summed E-state index contributed by atoms with van der Waals surface area (Å²) in [5, 5.41) is 93.9. The second-order valence-corrected chi connectivity index (χ2v) is 28.9. The smallest absolute Gasteiger partial charge is 0.338 e. The maximum absolute atomic E-state index is 15.5. The Morgan fingerprint density at radius 3 is 1.97 bits per heavy atom. The average Bonchev–Trinajstić information content (AvgIpc) is 0.667. The quantitative estimate of drug-likeness (QED) is 0.0304. The number of aliphatic hydroxyl groups is 6. The Kier molecular flexibility index (Phi) is 22.8. The zero-order valence-electron chi connectivity index (χ0n) is 60.7. The van der Waals surface area contributed by atoms with Crippen LogP contribution in [0.5, 0.6) is 17.2 Å². The number of hydrogen-bond acceptors (Lipinski definition) is 28. The lowest BCUT2D eigenvalue weighted by Gasteiger charge is -2.67. The maximum Gasteiger partial charge on any atom is 0.338 e. The van der Waals surface area contributed by atoms with Crippen molar-refractivity contribution in [3.05, 3.63) is 203 Å². The van der Waals surface area contributed by atoms with E-state index >= 15 is 4.79 Å². The Hall–Kier alpha value is -10.5. The number of phenols is 2. The standard InChI is InChI=1S/C47H51NO14.C27H29NO11.C4H3FN2O2/c1-25-31(60-43(56)36(52)35(28-16-10-7-11-17-28)48-41(54)29-18-12-8-13-19-29)23-47(57)40(61-42(55)30-20-14-9-15-21-30)38-45(6,32(51)22-33-46(38,24-58-33)62-27(3)50)39(53)37(59-26(2)49)34(25)44(47,4)5;1-10-22(31)13(28)6-17(38-10)39-15-8-27(36,16(30)9-29)7-12-19(15)26(35)21-20(24(12)33)23(32)11-4-3-5-14(37-2)18(11)25(21)34;5-2-1-6-4(9)7-3(2)8/h7-21,31-33,35-38,40,51-52,57H,22-24H2,1-6H3,(H,48,54);3-5,10,13,15,17,22,29,31,33,35-36H,6-9,28H2,1-2H3;1H,(H2,6,7,8,9)/t31-,32-,33+,35-,36+,37+,38-,40-,45+,46-,47+;10-,13-,15-,17-,22+,27-;/m00./s1. The lowest BCUT2D eigenvalue weighted by Crippen LogP contribution is -2.82. The Balaban J connectivity index is 0.000000211. The molecule has 5 aliphatic carbocycles. The molecule has 1 aromatic heterocycles. The predicted octanol–water partition coefficient (Wildman–Crippen LogP) is 2.94. The fourth-order valence-corrected chi connectivity index (χ4v) is 16.3. The summed E-state index contributed by atoms with van der Waals surface area (Å²) in [4.78, 5) is 147. The van der Waals surface area contributed by atoms with E-state index in [1.54, 1.807) is 105 Å². The molecule has 4 fully saturated rings. The van der Waals surface area contributed by atoms with Crippen LogP contribution in [-0.2, 0) is 63.6 Å². The normalized spacial score (nSPS) is 29.3. The van der Waals surface area contributed by atoms with Gasteiger partial charge in [0.2, 0.25) is 11.6 Å². The van der Waals surface area contributed by atoms with E-state index in [2.05, 4.69) is 5.32 Å². The molecule has 7 aliphatic rings. The van der Waals surface area contributed by atoms with E-state index in [-0.39, 0.29) is 69.7 Å². The highest BCUT2D eigenvalue weighted by Crippen LogP contribution is 2.65. The zero-order valence-corrected chi connectivity index (χ0v) is 60.7. The Morgan fingerprint density at radius 1 is 0.773 bits per heavy atom. The Morgan fingerprint density at radius 2 is 1.40 bits per heavy atom. The summed E-state index contributed by atoms with van der Waals surface area (Å²) in [6.45, 7) is 8.53. The van der Waals surface area contributed by atoms with E-state index in [1.807, 2.05) is 4.98 Å². The number of rotatable bonds is 15. The molecule has 13 rings (SSSR count). The molecule has 32 heteroatoms. The van der Waals surface area contributed by atoms with Crippen molar-refractivity contribution in [3.63, 3.8) is 0 Å². The lowest BCUT2D eigenvalue weighted by atomic mass is 9.44. The van der Waals surface area contributed by atoms with Crippen molar-refractivity contribution in [3.8, 4) is 17.2 Å². The number of aromatic hydroxyl groups is 2. The second-order valence-electron chi connectivity index (χ2n) is 28.9. The molecule has 584 valence electrons. The number of esters is 4. The number of aliphatic hydroxyl groups excluding tert-OH is 4. The maximum atomic E-state index is 15.5. The van der Waals surface area contributed by atoms with Crippen molar-refractivity contribution >= 4 is 52.9 Å². The van der Waals surface area contributed by atoms with Gasteiger partial charge in [-0.25, -0.2) is 14.4 Å². The molecule has 3 heterocycles. The molecule has 1 amide bonds. The summed E-state index contributed by atoms with van der Waals surface area (Å²) in [6.07, 6.45) is -14.9. The number of nitrogens with one attached hydrogen (secondary N) is 3. The van der Waals surface area contributed by atoms with Crippen LogP contribution < -0.4 is 27.0 Å². The highest BCUT2D eigenvalue weighted by Gasteiger charge is 2.78. The number of H-pyrrole nitrogens is 2. The number of fused-ring (bicyclic) bond motifs is 8. The third-order valence-corrected chi connectivity index (χ3v) is 22.1. The van der Waals surface area contributed by atoms with Crippen molar-refractivity contribution in [2.24, 2.45) is 22.5 Å². The molecule has 2 aliphatic heterocycles. The van der Waals surface area contributed by atoms with Crippen molar-refractivity contribution in [2.45, 2.75) is 171 Å². The van der Waals surface area contributed by atoms with Crippen molar-refractivity contribution in [1.82, 2.24) is 15.3 Å². The van der Waals surface area contributed by atoms with Crippen LogP contribution in [0.25, 0.3) is 0 Å². The van der Waals surface area contributed by atoms with E-state index in [0.29, 0.717) is 11.8 Å². The number of aromatic nitrogens is 2. The number of halogens is 1. The highest BCUT2D eigenvalue weighted by atomic mass is 19.1. The molecule has 31 nitrogen and oxygen atoms in total. The summed E-state index contributed by atoms with van der Waals surface area (Å²) in [5.74, 6) is -11.6. The highest BCUT2D eigenvalue weighted by molar-refractivity contribution is 6.31. The number of amides is 1. The first-order valence-electron chi connectivity index (χ1n) is 35.1. The number of methoxy groups -OCH3 is 1. The molecular formula is C78H83FN4O27. The van der Waals surface area contributed by atoms with Crippen LogP contribution in [0, 0.1) is 22.6 Å². The molecule has 0 radical (unpaired) electrons. The van der Waals surface area contributed by atoms with Gasteiger partial charge in [0.25, 0.3) is 11.5 Å². The van der Waals surface area contributed by atoms with Crippen LogP contribution >= 0.6 is 0 Å². The molecular weight excluding hydrogens is 1440 g/mol. The number of carbonyl (C=O) groups is 9. The van der Waals surface area contributed by atoms with Crippen molar-refractivity contribution in [1.29, 1.82) is 0 Å². The average molecular weight is 1530 g/mol. The third kappa shape index (κ3) is 14.3. The summed E-state index contributed by atoms with van der Waals surface area (Å²) < 4.78 is 59.2. The van der Waals surface area contributed by atoms with Gasteiger partial charge < -0.3 is 94.8 Å². The van der Waals surface area contributed by atoms with Gasteiger partial charge in [-0.15, -0.1) is 0 Å². The van der Waals surface area contributed by atoms with Crippen LogP contribution in [0.15, 0.2) is 136 Å². The van der Waals surface area contributed by atoms with Gasteiger partial charge in [-0.3, -0.25) is 43.3 Å². The fraction of sp³-hybridized carbons (Fsp3) is 0.423. The number of benzene rings is 5. The molecule has 17 atom stereocenters. The van der Waals surface area contributed by atoms with E-state index < -0.39 is 225 Å². The number of aromatic amines is 2. The van der Waals surface area contributed by atoms with Gasteiger partial charge in [-0.1, -0.05) is 92.7 Å². The zero-order chi connectivity index (χ0) is 80.2. The summed E-state index contributed by atoms with van der Waals surface area (Å²) in [6, 6.07) is 26.6. The SMILES string of the molecule is CC(=O)O[C@H]1C(=O)[C@@]2(C)[C@H]([C@H](OC(=O)c3ccccc3)[C@]3(O)C[C@H](OC(=O)[C@H](O)[C@@H](NC(=O)c4ccccc4)c4ccccc4)C(C)=C1C3(C)C)[C@]1(OC(C)=O)CO[C@@H]1C[C@@H]2O.COc1cccc2c1C(=O)c1c(O)c3c(c(O)c1C2=O)C[C@@](O)(C(=O)CO)C[C@@H]3O[C@H]1C[C@H](N)[C@H](O)[C@H](C)O1.O=c1[nH]cc(F)c(=O)[nH]1. The summed E-state index contributed by atoms with van der Waals surface area (Å²) in [5.41, 5.74) is -6.35. The summed E-state index contributed by atoms with van der Waals surface area (Å²) in [7, 11) is 1.32. The lowest BCUT2D eigenvalue weighted by molar-refractivity contribution is -0.346. The molecule has 5 aromatic carbocycles. The van der Waals surface area contributed by atoms with Gasteiger partial charge in [-0.05, 0) is 67.8 Å². The Bertz CT molecular complexity index is 4790. The van der Waals surface area contributed by atoms with Crippen molar-refractivity contribution < 1.29 is 126 Å². The molecule has 0 unspecified atom stereocenters. The van der Waals surface area contributed by atoms with Gasteiger partial charge in [0.05, 0.1) is 77.8 Å². The molecule has 0 spiro atoms. The van der Waals surface area contributed by atoms with Crippen LogP contribution in [0.4, 0.5) is 4.39 Å². The van der Waals surface area contributed by atoms with E-state index in [1.165, 1.54) is 51.3 Å². The van der Waals surface area contributed by atoms with Crippen LogP contribution in [0.3, 0.4) is 0 Å². The minimum absolute atomic E-state index is 0.00289. The number of nitrogens with two attached hydrogens (primary N) is 1. The van der Waals surface area contributed by atoms with Crippen LogP contribution in [0.2, 0.25) is 0 Å². The number of hydrogen-bond donors (Lipinski definition) is 12. The van der Waals surface area contributed by atoms with Gasteiger partial charge >= 0.3 is 29.6 Å². The van der Waals surface area contributed by atoms with E-state index in [9.17, 15) is 93.2 Å². The number of Topliss-reactive ketones (excluding diaryl/α,β-unsaturated/α-hetero) is 2. The number of carbonyl (C=O) groups excluding carboxylic acids is 9. The fourth-order valence-electron chi connectivity index (χ4n) is 16.3. The van der Waals surface area contributed by atoms with Gasteiger partial charge in [-0.2, -0.15) is 4.39 Å². The monoisotopic (exact) mass is 1530 g/mol. The first-order valence-corrected chi connectivity index (χ1v) is 35.1. The molecule has 110 heavy (non-hydrogen) atoms. The van der Waals surface area contributed by atoms with Crippen molar-refractivity contribution in [2.75, 3.05) is 20.3 Å². The first kappa shape index (κ1) is 80.5. The molecule has 13 N–H and O–H groups in total. The first-order chi connectivity index (χ1) is 51.9. The minimum Gasteiger partial charge on any atom is -0.507 e. The summed E-state index contributed by atoms with van der Waals surface area (Å²) >= 11 is 0. The third-order valence-electron chi connectivity index (χ3n) is 22.1. The topological polar surface area (TPSA) is 493 Å². The number of ketones is 4. The molecule has 2 saturated heterocycles. The van der Waals surface area contributed by atoms with Crippen LogP contribution in [-0.4, -0.2) is 202 Å². The number of ether oxygens (including phenoxy) is 8. The minimum atomic E-state index is -2.39. The van der Waals surface area contributed by atoms with Crippen LogP contribution in [0.1, 0.15) is 156 Å².